The van der Waals surface area contributed by atoms with Crippen molar-refractivity contribution in [2.24, 2.45) is 11.3 Å². The van der Waals surface area contributed by atoms with Crippen LogP contribution in [0.2, 0.25) is 0 Å². The van der Waals surface area contributed by atoms with Crippen LogP contribution >= 0.6 is 11.3 Å². The average molecular weight is 323 g/mol. The second-order valence-electron chi connectivity index (χ2n) is 5.24. The topological polar surface area (TPSA) is 108 Å². The number of hydrogen-bond donors (Lipinski definition) is 0. The standard InChI is InChI=1S/C16H9N3O3S/c17-8-16(9-18)13(10-3-1-4-11(7-10)19(21)22)14(16)15(20)12-5-2-6-23-12/h1-7,13-14H/t13-,14+/m0/s1. The Bertz CT molecular complexity index is 863. The molecule has 1 aliphatic carbocycles. The van der Waals surface area contributed by atoms with Gasteiger partial charge in [-0.3, -0.25) is 14.9 Å². The molecule has 2 atom stereocenters. The van der Waals surface area contributed by atoms with Crippen LogP contribution in [0, 0.1) is 44.1 Å². The highest BCUT2D eigenvalue weighted by Gasteiger charge is 2.70. The molecule has 112 valence electrons. The summed E-state index contributed by atoms with van der Waals surface area (Å²) in [5, 5.41) is 31.5. The first-order valence-corrected chi connectivity index (χ1v) is 7.57. The van der Waals surface area contributed by atoms with Gasteiger partial charge in [-0.2, -0.15) is 10.5 Å². The van der Waals surface area contributed by atoms with Gasteiger partial charge in [0.25, 0.3) is 5.69 Å². The number of benzene rings is 1. The van der Waals surface area contributed by atoms with Crippen LogP contribution in [0.25, 0.3) is 0 Å². The van der Waals surface area contributed by atoms with E-state index >= 15 is 0 Å². The van der Waals surface area contributed by atoms with E-state index in [1.54, 1.807) is 23.6 Å². The number of nitrogens with zero attached hydrogens (tertiary/aromatic N) is 3. The second kappa shape index (κ2) is 5.31. The zero-order valence-electron chi connectivity index (χ0n) is 11.7. The van der Waals surface area contributed by atoms with Crippen molar-refractivity contribution in [1.29, 1.82) is 10.5 Å². The van der Waals surface area contributed by atoms with Gasteiger partial charge in [0.15, 0.2) is 11.2 Å². The summed E-state index contributed by atoms with van der Waals surface area (Å²) in [7, 11) is 0. The van der Waals surface area contributed by atoms with E-state index in [4.69, 9.17) is 0 Å². The van der Waals surface area contributed by atoms with Crippen molar-refractivity contribution in [2.45, 2.75) is 5.92 Å². The Hall–Kier alpha value is -3.03. The number of nitro groups is 1. The van der Waals surface area contributed by atoms with E-state index in [9.17, 15) is 25.4 Å². The lowest BCUT2D eigenvalue weighted by molar-refractivity contribution is -0.384. The van der Waals surface area contributed by atoms with Gasteiger partial charge in [0, 0.05) is 18.1 Å². The molecule has 23 heavy (non-hydrogen) atoms. The Morgan fingerprint density at radius 3 is 2.57 bits per heavy atom. The molecule has 1 aromatic heterocycles. The highest BCUT2D eigenvalue weighted by molar-refractivity contribution is 7.12. The fourth-order valence-corrected chi connectivity index (χ4v) is 3.61. The summed E-state index contributed by atoms with van der Waals surface area (Å²) < 4.78 is 0. The summed E-state index contributed by atoms with van der Waals surface area (Å²) in [6.45, 7) is 0. The fourth-order valence-electron chi connectivity index (χ4n) is 2.91. The van der Waals surface area contributed by atoms with Crippen LogP contribution in [0.5, 0.6) is 0 Å². The molecule has 6 nitrogen and oxygen atoms in total. The number of carbonyl (C=O) groups is 1. The van der Waals surface area contributed by atoms with Crippen molar-refractivity contribution in [3.05, 3.63) is 62.3 Å². The largest absolute Gasteiger partial charge is 0.293 e. The molecule has 0 bridgehead atoms. The van der Waals surface area contributed by atoms with Crippen LogP contribution in [0.1, 0.15) is 21.2 Å². The van der Waals surface area contributed by atoms with E-state index in [0.717, 1.165) is 0 Å². The number of nitro benzene ring substituents is 1. The van der Waals surface area contributed by atoms with Crippen molar-refractivity contribution in [1.82, 2.24) is 0 Å². The number of non-ortho nitro benzene ring substituents is 1. The van der Waals surface area contributed by atoms with Crippen LogP contribution in [-0.2, 0) is 0 Å². The Kier molecular flexibility index (Phi) is 3.44. The van der Waals surface area contributed by atoms with E-state index in [2.05, 4.69) is 0 Å². The predicted molar refractivity (Wildman–Crippen MR) is 81.6 cm³/mol. The van der Waals surface area contributed by atoms with Gasteiger partial charge < -0.3 is 0 Å². The minimum atomic E-state index is -1.46. The van der Waals surface area contributed by atoms with Gasteiger partial charge in [-0.05, 0) is 17.0 Å². The minimum Gasteiger partial charge on any atom is -0.293 e. The molecule has 2 aromatic rings. The lowest BCUT2D eigenvalue weighted by atomic mass is 10.0. The highest BCUT2D eigenvalue weighted by atomic mass is 32.1. The third-order valence-corrected chi connectivity index (χ3v) is 4.95. The summed E-state index contributed by atoms with van der Waals surface area (Å²) in [5.74, 6) is -1.70. The van der Waals surface area contributed by atoms with Crippen LogP contribution in [-0.4, -0.2) is 10.7 Å². The minimum absolute atomic E-state index is 0.124. The third-order valence-electron chi connectivity index (χ3n) is 4.06. The Morgan fingerprint density at radius 2 is 2.00 bits per heavy atom. The molecule has 0 radical (unpaired) electrons. The van der Waals surface area contributed by atoms with Gasteiger partial charge in [-0.1, -0.05) is 18.2 Å². The van der Waals surface area contributed by atoms with Gasteiger partial charge in [-0.25, -0.2) is 0 Å². The summed E-state index contributed by atoms with van der Waals surface area (Å²) in [5.41, 5.74) is -1.12. The molecule has 1 saturated carbocycles. The maximum Gasteiger partial charge on any atom is 0.269 e. The molecular weight excluding hydrogens is 314 g/mol. The van der Waals surface area contributed by atoms with Crippen LogP contribution in [0.15, 0.2) is 41.8 Å². The van der Waals surface area contributed by atoms with Gasteiger partial charge in [-0.15, -0.1) is 11.3 Å². The maximum absolute atomic E-state index is 12.6. The average Bonchev–Trinajstić information content (AvgIpc) is 2.92. The van der Waals surface area contributed by atoms with E-state index in [1.165, 1.54) is 29.5 Å². The molecule has 0 saturated heterocycles. The van der Waals surface area contributed by atoms with Gasteiger partial charge >= 0.3 is 0 Å². The molecule has 1 fully saturated rings. The fraction of sp³-hybridized carbons (Fsp3) is 0.188. The van der Waals surface area contributed by atoms with E-state index in [-0.39, 0.29) is 11.5 Å². The van der Waals surface area contributed by atoms with E-state index in [1.807, 2.05) is 12.1 Å². The van der Waals surface area contributed by atoms with Crippen molar-refractivity contribution < 1.29 is 9.72 Å². The third kappa shape index (κ3) is 2.19. The van der Waals surface area contributed by atoms with Crippen LogP contribution in [0.3, 0.4) is 0 Å². The van der Waals surface area contributed by atoms with Gasteiger partial charge in [0.1, 0.15) is 0 Å². The normalized spacial score (nSPS) is 21.0. The molecule has 1 aromatic carbocycles. The van der Waals surface area contributed by atoms with E-state index < -0.39 is 22.2 Å². The summed E-state index contributed by atoms with van der Waals surface area (Å²) in [6.07, 6.45) is 0. The number of ketones is 1. The number of hydrogen-bond acceptors (Lipinski definition) is 6. The second-order valence-corrected chi connectivity index (χ2v) is 6.19. The van der Waals surface area contributed by atoms with Crippen molar-refractivity contribution in [3.63, 3.8) is 0 Å². The molecule has 7 heteroatoms. The molecule has 0 spiro atoms. The van der Waals surface area contributed by atoms with Crippen molar-refractivity contribution in [3.8, 4) is 12.1 Å². The SMILES string of the molecule is N#CC1(C#N)[C@@H](C(=O)c2cccs2)[C@@H]1c1cccc([N+](=O)[O-])c1. The lowest BCUT2D eigenvalue weighted by Crippen LogP contribution is -2.06. The first kappa shape index (κ1) is 14.9. The molecule has 0 amide bonds. The smallest absolute Gasteiger partial charge is 0.269 e. The molecule has 3 rings (SSSR count). The first-order valence-electron chi connectivity index (χ1n) is 6.69. The number of rotatable bonds is 4. The monoisotopic (exact) mass is 323 g/mol. The Morgan fingerprint density at radius 1 is 1.26 bits per heavy atom. The zero-order chi connectivity index (χ0) is 16.6. The molecular formula is C16H9N3O3S. The highest BCUT2D eigenvalue weighted by Crippen LogP contribution is 2.65. The number of nitriles is 2. The maximum atomic E-state index is 12.6. The quantitative estimate of drug-likeness (QED) is 0.487. The summed E-state index contributed by atoms with van der Waals surface area (Å²) in [4.78, 5) is 23.4. The Labute approximate surface area is 135 Å². The Balaban J connectivity index is 2.03. The molecule has 1 heterocycles. The molecule has 0 N–H and O–H groups in total. The predicted octanol–water partition coefficient (Wildman–Crippen LogP) is 3.29. The van der Waals surface area contributed by atoms with Crippen molar-refractivity contribution >= 4 is 22.8 Å². The van der Waals surface area contributed by atoms with Crippen molar-refractivity contribution in [2.75, 3.05) is 0 Å². The van der Waals surface area contributed by atoms with E-state index in [0.29, 0.717) is 10.4 Å². The van der Waals surface area contributed by atoms with Gasteiger partial charge in [0.05, 0.1) is 27.9 Å². The van der Waals surface area contributed by atoms with Crippen LogP contribution in [0.4, 0.5) is 5.69 Å². The summed E-state index contributed by atoms with van der Waals surface area (Å²) in [6, 6.07) is 13.0. The molecule has 0 aliphatic heterocycles. The van der Waals surface area contributed by atoms with Gasteiger partial charge in [0.2, 0.25) is 0 Å². The lowest BCUT2D eigenvalue weighted by Gasteiger charge is -1.99. The number of thiophene rings is 1. The number of carbonyl (C=O) groups excluding carboxylic acids is 1. The molecule has 1 aliphatic rings. The first-order chi connectivity index (χ1) is 11.0. The summed E-state index contributed by atoms with van der Waals surface area (Å²) >= 11 is 1.25. The van der Waals surface area contributed by atoms with Crippen LogP contribution < -0.4 is 0 Å². The zero-order valence-corrected chi connectivity index (χ0v) is 12.5. The number of Topliss-reactive ketones (excluding diaryl/α,β-unsaturated/α-hetero) is 1. The molecule has 0 unspecified atom stereocenters.